The van der Waals surface area contributed by atoms with Crippen molar-refractivity contribution in [1.82, 2.24) is 15.3 Å². The van der Waals surface area contributed by atoms with Crippen molar-refractivity contribution in [2.24, 2.45) is 0 Å². The van der Waals surface area contributed by atoms with E-state index in [1.807, 2.05) is 13.8 Å². The first kappa shape index (κ1) is 10.1. The molecule has 4 nitrogen and oxygen atoms in total. The fraction of sp³-hybridized carbons (Fsp3) is 0.545. The van der Waals surface area contributed by atoms with Gasteiger partial charge in [0.1, 0.15) is 12.0 Å². The Labute approximate surface area is 89.1 Å². The lowest BCUT2D eigenvalue weighted by Gasteiger charge is -2.06. The second kappa shape index (κ2) is 3.96. The third-order valence-corrected chi connectivity index (χ3v) is 2.42. The molecule has 2 rings (SSSR count). The van der Waals surface area contributed by atoms with E-state index in [0.717, 1.165) is 18.5 Å². The highest BCUT2D eigenvalue weighted by molar-refractivity contribution is 5.92. The molecule has 1 amide bonds. The van der Waals surface area contributed by atoms with Gasteiger partial charge in [0.05, 0.1) is 0 Å². The highest BCUT2D eigenvalue weighted by Gasteiger charge is 2.24. The summed E-state index contributed by atoms with van der Waals surface area (Å²) in [7, 11) is 0. The van der Waals surface area contributed by atoms with Gasteiger partial charge in [0.15, 0.2) is 0 Å². The molecule has 0 unspecified atom stereocenters. The van der Waals surface area contributed by atoms with E-state index in [-0.39, 0.29) is 5.91 Å². The van der Waals surface area contributed by atoms with Crippen LogP contribution in [0.5, 0.6) is 0 Å². The summed E-state index contributed by atoms with van der Waals surface area (Å²) < 4.78 is 0. The van der Waals surface area contributed by atoms with E-state index in [1.54, 1.807) is 6.07 Å². The molecule has 1 saturated carbocycles. The average molecular weight is 205 g/mol. The number of hydrogen-bond acceptors (Lipinski definition) is 3. The van der Waals surface area contributed by atoms with Gasteiger partial charge in [-0.15, -0.1) is 0 Å². The Morgan fingerprint density at radius 2 is 2.20 bits per heavy atom. The molecule has 4 heteroatoms. The van der Waals surface area contributed by atoms with E-state index in [2.05, 4.69) is 15.3 Å². The number of carbonyl (C=O) groups is 1. The predicted molar refractivity (Wildman–Crippen MR) is 56.6 cm³/mol. The van der Waals surface area contributed by atoms with Gasteiger partial charge in [-0.2, -0.15) is 0 Å². The number of rotatable bonds is 3. The Morgan fingerprint density at radius 3 is 2.80 bits per heavy atom. The first-order valence-corrected chi connectivity index (χ1v) is 5.29. The molecule has 1 aromatic heterocycles. The van der Waals surface area contributed by atoms with E-state index < -0.39 is 0 Å². The van der Waals surface area contributed by atoms with Gasteiger partial charge in [-0.05, 0) is 24.8 Å². The highest BCUT2D eigenvalue weighted by atomic mass is 16.2. The molecule has 1 N–H and O–H groups in total. The molecule has 80 valence electrons. The summed E-state index contributed by atoms with van der Waals surface area (Å²) in [5.74, 6) is 0.238. The lowest BCUT2D eigenvalue weighted by molar-refractivity contribution is 0.0945. The Hall–Kier alpha value is -1.45. The first-order chi connectivity index (χ1) is 7.16. The minimum atomic E-state index is -0.0817. The lowest BCUT2D eigenvalue weighted by atomic mass is 10.1. The van der Waals surface area contributed by atoms with Crippen molar-refractivity contribution in [1.29, 1.82) is 0 Å². The van der Waals surface area contributed by atoms with E-state index >= 15 is 0 Å². The van der Waals surface area contributed by atoms with Crippen LogP contribution in [0.15, 0.2) is 12.4 Å². The van der Waals surface area contributed by atoms with Gasteiger partial charge in [-0.3, -0.25) is 4.79 Å². The molecular weight excluding hydrogens is 190 g/mol. The van der Waals surface area contributed by atoms with Crippen molar-refractivity contribution < 1.29 is 4.79 Å². The molecule has 0 radical (unpaired) electrons. The van der Waals surface area contributed by atoms with E-state index in [1.165, 1.54) is 6.33 Å². The molecule has 1 aromatic rings. The average Bonchev–Trinajstić information content (AvgIpc) is 3.02. The van der Waals surface area contributed by atoms with Crippen LogP contribution in [0.1, 0.15) is 48.8 Å². The van der Waals surface area contributed by atoms with Gasteiger partial charge >= 0.3 is 0 Å². The fourth-order valence-electron chi connectivity index (χ4n) is 1.30. The second-order valence-electron chi connectivity index (χ2n) is 4.23. The monoisotopic (exact) mass is 205 g/mol. The van der Waals surface area contributed by atoms with Crippen molar-refractivity contribution in [3.05, 3.63) is 23.8 Å². The van der Waals surface area contributed by atoms with Crippen LogP contribution in [0.4, 0.5) is 0 Å². The van der Waals surface area contributed by atoms with E-state index in [0.29, 0.717) is 17.7 Å². The second-order valence-corrected chi connectivity index (χ2v) is 4.23. The molecule has 1 fully saturated rings. The smallest absolute Gasteiger partial charge is 0.270 e. The van der Waals surface area contributed by atoms with Gasteiger partial charge in [-0.25, -0.2) is 9.97 Å². The van der Waals surface area contributed by atoms with Crippen LogP contribution < -0.4 is 5.32 Å². The van der Waals surface area contributed by atoms with Gasteiger partial charge in [-0.1, -0.05) is 13.8 Å². The third-order valence-electron chi connectivity index (χ3n) is 2.42. The van der Waals surface area contributed by atoms with Crippen LogP contribution in [0.3, 0.4) is 0 Å². The summed E-state index contributed by atoms with van der Waals surface area (Å²) in [6.07, 6.45) is 3.64. The molecule has 0 saturated heterocycles. The molecule has 0 atom stereocenters. The molecule has 0 aromatic carbocycles. The molecule has 0 bridgehead atoms. The predicted octanol–water partition coefficient (Wildman–Crippen LogP) is 1.49. The maximum absolute atomic E-state index is 11.7. The summed E-state index contributed by atoms with van der Waals surface area (Å²) >= 11 is 0. The van der Waals surface area contributed by atoms with Crippen molar-refractivity contribution >= 4 is 5.91 Å². The van der Waals surface area contributed by atoms with Crippen molar-refractivity contribution in [3.8, 4) is 0 Å². The highest BCUT2D eigenvalue weighted by Crippen LogP contribution is 2.19. The van der Waals surface area contributed by atoms with Crippen LogP contribution in [-0.4, -0.2) is 21.9 Å². The van der Waals surface area contributed by atoms with E-state index in [9.17, 15) is 4.79 Å². The Kier molecular flexibility index (Phi) is 2.66. The van der Waals surface area contributed by atoms with Crippen LogP contribution >= 0.6 is 0 Å². The third kappa shape index (κ3) is 2.52. The van der Waals surface area contributed by atoms with Gasteiger partial charge in [0.2, 0.25) is 0 Å². The molecule has 0 spiro atoms. The summed E-state index contributed by atoms with van der Waals surface area (Å²) in [6.45, 7) is 4.09. The molecular formula is C11H15N3O. The van der Waals surface area contributed by atoms with Crippen LogP contribution in [0.2, 0.25) is 0 Å². The number of nitrogens with one attached hydrogen (secondary N) is 1. The Bertz CT molecular complexity index is 372. The zero-order valence-electron chi connectivity index (χ0n) is 9.03. The zero-order valence-corrected chi connectivity index (χ0v) is 9.03. The molecule has 1 aliphatic rings. The normalized spacial score (nSPS) is 15.4. The number of carbonyl (C=O) groups excluding carboxylic acids is 1. The number of hydrogen-bond donors (Lipinski definition) is 1. The van der Waals surface area contributed by atoms with E-state index in [4.69, 9.17) is 0 Å². The maximum atomic E-state index is 11.7. The quantitative estimate of drug-likeness (QED) is 0.813. The molecule has 0 aliphatic heterocycles. The first-order valence-electron chi connectivity index (χ1n) is 5.29. The Balaban J connectivity index is 2.12. The van der Waals surface area contributed by atoms with Crippen LogP contribution in [-0.2, 0) is 0 Å². The Morgan fingerprint density at radius 1 is 1.47 bits per heavy atom. The lowest BCUT2D eigenvalue weighted by Crippen LogP contribution is -2.26. The minimum Gasteiger partial charge on any atom is -0.348 e. The number of amides is 1. The van der Waals surface area contributed by atoms with Gasteiger partial charge < -0.3 is 5.32 Å². The standard InChI is InChI=1S/C11H15N3O/c1-7(2)9-5-10(13-6-12-9)11(15)14-8-3-4-8/h5-8H,3-4H2,1-2H3,(H,14,15). The molecule has 15 heavy (non-hydrogen) atoms. The van der Waals surface area contributed by atoms with Crippen molar-refractivity contribution in [2.75, 3.05) is 0 Å². The fourth-order valence-corrected chi connectivity index (χ4v) is 1.30. The van der Waals surface area contributed by atoms with Crippen molar-refractivity contribution in [3.63, 3.8) is 0 Å². The summed E-state index contributed by atoms with van der Waals surface area (Å²) in [4.78, 5) is 19.8. The molecule has 1 aliphatic carbocycles. The number of aromatic nitrogens is 2. The van der Waals surface area contributed by atoms with Crippen molar-refractivity contribution in [2.45, 2.75) is 38.6 Å². The van der Waals surface area contributed by atoms with Crippen LogP contribution in [0, 0.1) is 0 Å². The molecule has 1 heterocycles. The number of nitrogens with zero attached hydrogens (tertiary/aromatic N) is 2. The summed E-state index contributed by atoms with van der Waals surface area (Å²) in [6, 6.07) is 2.14. The summed E-state index contributed by atoms with van der Waals surface area (Å²) in [5.41, 5.74) is 1.38. The maximum Gasteiger partial charge on any atom is 0.270 e. The topological polar surface area (TPSA) is 54.9 Å². The van der Waals surface area contributed by atoms with Crippen LogP contribution in [0.25, 0.3) is 0 Å². The largest absolute Gasteiger partial charge is 0.348 e. The zero-order chi connectivity index (χ0) is 10.8. The summed E-state index contributed by atoms with van der Waals surface area (Å²) in [5, 5.41) is 2.91. The van der Waals surface area contributed by atoms with Gasteiger partial charge in [0.25, 0.3) is 5.91 Å². The SMILES string of the molecule is CC(C)c1cc(C(=O)NC2CC2)ncn1. The van der Waals surface area contributed by atoms with Gasteiger partial charge in [0, 0.05) is 11.7 Å². The minimum absolute atomic E-state index is 0.0817.